The molecule has 0 spiro atoms. The largest absolute Gasteiger partial charge is 0.383 e. The van der Waals surface area contributed by atoms with Crippen LogP contribution in [-0.2, 0) is 11.3 Å². The molecule has 0 aliphatic rings. The van der Waals surface area contributed by atoms with E-state index in [0.717, 1.165) is 11.3 Å². The molecule has 0 aromatic carbocycles. The van der Waals surface area contributed by atoms with Gasteiger partial charge in [0.25, 0.3) is 0 Å². The monoisotopic (exact) mass is 195 g/mol. The molecular weight excluding hydrogens is 178 g/mol. The first-order chi connectivity index (χ1) is 6.56. The number of aryl methyl sites for hydroxylation is 1. The smallest absolute Gasteiger partial charge is 0.156 e. The van der Waals surface area contributed by atoms with E-state index in [2.05, 4.69) is 23.8 Å². The average Bonchev–Trinajstić information content (AvgIpc) is 2.01. The number of hydrogen-bond acceptors (Lipinski definition) is 4. The second kappa shape index (κ2) is 4.37. The van der Waals surface area contributed by atoms with E-state index in [4.69, 9.17) is 10.5 Å². The van der Waals surface area contributed by atoms with Crippen LogP contribution >= 0.6 is 0 Å². The van der Waals surface area contributed by atoms with Crippen molar-refractivity contribution < 1.29 is 4.74 Å². The van der Waals surface area contributed by atoms with Crippen molar-refractivity contribution in [3.05, 3.63) is 17.1 Å². The van der Waals surface area contributed by atoms with E-state index in [1.807, 2.05) is 6.92 Å². The lowest BCUT2D eigenvalue weighted by Gasteiger charge is -2.12. The summed E-state index contributed by atoms with van der Waals surface area (Å²) in [5, 5.41) is 0. The molecule has 0 saturated carbocycles. The molecule has 0 aliphatic heterocycles. The van der Waals surface area contributed by atoms with Crippen LogP contribution in [0.3, 0.4) is 0 Å². The molecule has 1 rings (SSSR count). The molecule has 0 unspecified atom stereocenters. The molecule has 2 N–H and O–H groups in total. The van der Waals surface area contributed by atoms with Gasteiger partial charge < -0.3 is 10.5 Å². The lowest BCUT2D eigenvalue weighted by molar-refractivity contribution is 0.177. The van der Waals surface area contributed by atoms with Gasteiger partial charge in [0, 0.05) is 18.4 Å². The van der Waals surface area contributed by atoms with Crippen LogP contribution < -0.4 is 5.73 Å². The molecule has 0 atom stereocenters. The minimum atomic E-state index is 0.353. The zero-order valence-corrected chi connectivity index (χ0v) is 9.16. The quantitative estimate of drug-likeness (QED) is 0.796. The van der Waals surface area contributed by atoms with Crippen molar-refractivity contribution in [3.8, 4) is 0 Å². The molecule has 0 amide bonds. The predicted octanol–water partition coefficient (Wildman–Crippen LogP) is 1.64. The molecular formula is C10H17N3O. The van der Waals surface area contributed by atoms with Crippen molar-refractivity contribution >= 4 is 5.82 Å². The van der Waals surface area contributed by atoms with Crippen LogP contribution in [0.1, 0.15) is 36.8 Å². The number of methoxy groups -OCH3 is 1. The highest BCUT2D eigenvalue weighted by Crippen LogP contribution is 2.22. The Morgan fingerprint density at radius 1 is 1.36 bits per heavy atom. The molecule has 1 aromatic rings. The average molecular weight is 195 g/mol. The Kier molecular flexibility index (Phi) is 3.41. The van der Waals surface area contributed by atoms with Crippen LogP contribution in [0.5, 0.6) is 0 Å². The van der Waals surface area contributed by atoms with Crippen molar-refractivity contribution in [1.82, 2.24) is 9.97 Å². The second-order valence-corrected chi connectivity index (χ2v) is 3.61. The molecule has 0 radical (unpaired) electrons. The topological polar surface area (TPSA) is 61.0 Å². The number of rotatable bonds is 3. The van der Waals surface area contributed by atoms with Gasteiger partial charge in [-0.3, -0.25) is 0 Å². The zero-order chi connectivity index (χ0) is 10.7. The van der Waals surface area contributed by atoms with Crippen molar-refractivity contribution in [2.75, 3.05) is 12.8 Å². The van der Waals surface area contributed by atoms with Gasteiger partial charge in [-0.2, -0.15) is 0 Å². The van der Waals surface area contributed by atoms with Crippen LogP contribution in [0.2, 0.25) is 0 Å². The lowest BCUT2D eigenvalue weighted by atomic mass is 10.0. The third kappa shape index (κ3) is 2.20. The first-order valence-corrected chi connectivity index (χ1v) is 4.68. The summed E-state index contributed by atoms with van der Waals surface area (Å²) in [6, 6.07) is 0. The SMILES string of the molecule is COCc1nc(C)c(C(C)C)c(N)n1. The van der Waals surface area contributed by atoms with Gasteiger partial charge >= 0.3 is 0 Å². The number of nitrogens with two attached hydrogens (primary N) is 1. The highest BCUT2D eigenvalue weighted by atomic mass is 16.5. The van der Waals surface area contributed by atoms with E-state index in [1.165, 1.54) is 0 Å². The number of nitrogen functional groups attached to an aromatic ring is 1. The summed E-state index contributed by atoms with van der Waals surface area (Å²) in [5.74, 6) is 1.57. The molecule has 14 heavy (non-hydrogen) atoms. The molecule has 0 aliphatic carbocycles. The molecule has 1 aromatic heterocycles. The van der Waals surface area contributed by atoms with Crippen molar-refractivity contribution in [2.45, 2.75) is 33.3 Å². The summed E-state index contributed by atoms with van der Waals surface area (Å²) in [6.07, 6.45) is 0. The van der Waals surface area contributed by atoms with E-state index < -0.39 is 0 Å². The Morgan fingerprint density at radius 2 is 2.00 bits per heavy atom. The molecule has 78 valence electrons. The molecule has 0 saturated heterocycles. The standard InChI is InChI=1S/C10H17N3O/c1-6(2)9-7(3)12-8(5-14-4)13-10(9)11/h6H,5H2,1-4H3,(H2,11,12,13). The fraction of sp³-hybridized carbons (Fsp3) is 0.600. The van der Waals surface area contributed by atoms with Crippen molar-refractivity contribution in [3.63, 3.8) is 0 Å². The number of anilines is 1. The Morgan fingerprint density at radius 3 is 2.43 bits per heavy atom. The fourth-order valence-electron chi connectivity index (χ4n) is 1.57. The third-order valence-corrected chi connectivity index (χ3v) is 2.06. The Balaban J connectivity index is 3.11. The number of ether oxygens (including phenoxy) is 1. The summed E-state index contributed by atoms with van der Waals surface area (Å²) < 4.78 is 4.96. The van der Waals surface area contributed by atoms with E-state index in [-0.39, 0.29) is 0 Å². The lowest BCUT2D eigenvalue weighted by Crippen LogP contribution is -2.09. The molecule has 0 bridgehead atoms. The Bertz CT molecular complexity index is 300. The van der Waals surface area contributed by atoms with Gasteiger partial charge in [-0.05, 0) is 12.8 Å². The van der Waals surface area contributed by atoms with Gasteiger partial charge in [-0.25, -0.2) is 9.97 Å². The third-order valence-electron chi connectivity index (χ3n) is 2.06. The highest BCUT2D eigenvalue weighted by Gasteiger charge is 2.11. The van der Waals surface area contributed by atoms with Crippen LogP contribution in [0.25, 0.3) is 0 Å². The molecule has 4 heteroatoms. The second-order valence-electron chi connectivity index (χ2n) is 3.61. The molecule has 4 nitrogen and oxygen atoms in total. The number of aromatic nitrogens is 2. The minimum Gasteiger partial charge on any atom is -0.383 e. The summed E-state index contributed by atoms with van der Waals surface area (Å²) >= 11 is 0. The van der Waals surface area contributed by atoms with E-state index >= 15 is 0 Å². The van der Waals surface area contributed by atoms with Crippen LogP contribution in [-0.4, -0.2) is 17.1 Å². The maximum Gasteiger partial charge on any atom is 0.156 e. The van der Waals surface area contributed by atoms with Gasteiger partial charge in [0.2, 0.25) is 0 Å². The van der Waals surface area contributed by atoms with Gasteiger partial charge in [-0.15, -0.1) is 0 Å². The van der Waals surface area contributed by atoms with Crippen LogP contribution in [0.15, 0.2) is 0 Å². The zero-order valence-electron chi connectivity index (χ0n) is 9.16. The normalized spacial score (nSPS) is 10.9. The van der Waals surface area contributed by atoms with Gasteiger partial charge in [0.1, 0.15) is 12.4 Å². The maximum atomic E-state index is 5.85. The summed E-state index contributed by atoms with van der Waals surface area (Å²) in [5.41, 5.74) is 7.82. The maximum absolute atomic E-state index is 5.85. The predicted molar refractivity (Wildman–Crippen MR) is 56.0 cm³/mol. The minimum absolute atomic E-state index is 0.353. The Labute approximate surface area is 84.5 Å². The van der Waals surface area contributed by atoms with Gasteiger partial charge in [0.15, 0.2) is 5.82 Å². The number of nitrogens with zero attached hydrogens (tertiary/aromatic N) is 2. The molecule has 1 heterocycles. The van der Waals surface area contributed by atoms with Crippen molar-refractivity contribution in [1.29, 1.82) is 0 Å². The van der Waals surface area contributed by atoms with E-state index in [0.29, 0.717) is 24.2 Å². The first kappa shape index (κ1) is 10.9. The molecule has 0 fully saturated rings. The Hall–Kier alpha value is -1.16. The van der Waals surface area contributed by atoms with Crippen LogP contribution in [0, 0.1) is 6.92 Å². The van der Waals surface area contributed by atoms with Gasteiger partial charge in [0.05, 0.1) is 0 Å². The van der Waals surface area contributed by atoms with E-state index in [1.54, 1.807) is 7.11 Å². The van der Waals surface area contributed by atoms with Gasteiger partial charge in [-0.1, -0.05) is 13.8 Å². The summed E-state index contributed by atoms with van der Waals surface area (Å²) in [7, 11) is 1.62. The van der Waals surface area contributed by atoms with E-state index in [9.17, 15) is 0 Å². The van der Waals surface area contributed by atoms with Crippen LogP contribution in [0.4, 0.5) is 5.82 Å². The summed E-state index contributed by atoms with van der Waals surface area (Å²) in [6.45, 7) is 6.52. The highest BCUT2D eigenvalue weighted by molar-refractivity contribution is 5.43. The summed E-state index contributed by atoms with van der Waals surface area (Å²) in [4.78, 5) is 8.52. The fourth-order valence-corrected chi connectivity index (χ4v) is 1.57. The number of hydrogen-bond donors (Lipinski definition) is 1. The van der Waals surface area contributed by atoms with Crippen molar-refractivity contribution in [2.24, 2.45) is 0 Å². The first-order valence-electron chi connectivity index (χ1n) is 4.68.